The van der Waals surface area contributed by atoms with Gasteiger partial charge in [0.1, 0.15) is 0 Å². The number of aromatic nitrogens is 2. The van der Waals surface area contributed by atoms with Crippen molar-refractivity contribution >= 4 is 29.9 Å². The van der Waals surface area contributed by atoms with E-state index in [9.17, 15) is 0 Å². The highest BCUT2D eigenvalue weighted by molar-refractivity contribution is 14.0. The third-order valence-corrected chi connectivity index (χ3v) is 3.75. The first-order chi connectivity index (χ1) is 10.6. The first-order valence-electron chi connectivity index (χ1n) is 8.25. The van der Waals surface area contributed by atoms with Gasteiger partial charge < -0.3 is 15.5 Å². The molecule has 23 heavy (non-hydrogen) atoms. The number of halogens is 1. The van der Waals surface area contributed by atoms with E-state index < -0.39 is 0 Å². The number of aryl methyl sites for hydroxylation is 1. The van der Waals surface area contributed by atoms with E-state index in [1.807, 2.05) is 30.2 Å². The minimum Gasteiger partial charge on any atom is -0.356 e. The molecular formula is C16H33IN6. The maximum atomic E-state index is 4.25. The van der Waals surface area contributed by atoms with Gasteiger partial charge >= 0.3 is 0 Å². The van der Waals surface area contributed by atoms with Crippen LogP contribution >= 0.6 is 24.0 Å². The summed E-state index contributed by atoms with van der Waals surface area (Å²) >= 11 is 0. The van der Waals surface area contributed by atoms with Crippen LogP contribution in [0, 0.1) is 0 Å². The number of nitrogens with one attached hydrogen (secondary N) is 2. The van der Waals surface area contributed by atoms with Crippen LogP contribution in [0.2, 0.25) is 0 Å². The first-order valence-corrected chi connectivity index (χ1v) is 8.25. The molecule has 0 aliphatic heterocycles. The van der Waals surface area contributed by atoms with Gasteiger partial charge in [-0.1, -0.05) is 0 Å². The molecule has 0 aliphatic rings. The molecule has 2 N–H and O–H groups in total. The van der Waals surface area contributed by atoms with E-state index in [2.05, 4.69) is 46.5 Å². The zero-order valence-electron chi connectivity index (χ0n) is 15.0. The lowest BCUT2D eigenvalue weighted by molar-refractivity contribution is 0.268. The molecule has 0 unspecified atom stereocenters. The molecule has 6 nitrogen and oxygen atoms in total. The standard InChI is InChI=1S/C16H32N6.HI/c1-15(2)21(4)12-6-5-9-18-16(17-3)19-10-7-13-22-14-8-11-20-22;/h8,11,14-15H,5-7,9-10,12-13H2,1-4H3,(H2,17,18,19);1H. The Kier molecular flexibility index (Phi) is 13.1. The van der Waals surface area contributed by atoms with Gasteiger partial charge in [0, 0.05) is 45.1 Å². The Bertz CT molecular complexity index is 405. The molecule has 0 radical (unpaired) electrons. The van der Waals surface area contributed by atoms with Gasteiger partial charge in [0.25, 0.3) is 0 Å². The molecule has 1 rings (SSSR count). The summed E-state index contributed by atoms with van der Waals surface area (Å²) in [5.41, 5.74) is 0. The van der Waals surface area contributed by atoms with Crippen molar-refractivity contribution in [2.45, 2.75) is 45.7 Å². The zero-order chi connectivity index (χ0) is 16.2. The second-order valence-electron chi connectivity index (χ2n) is 5.83. The van der Waals surface area contributed by atoms with Gasteiger partial charge in [0.15, 0.2) is 5.96 Å². The Labute approximate surface area is 158 Å². The number of aliphatic imine (C=N–C) groups is 1. The average molecular weight is 436 g/mol. The molecule has 134 valence electrons. The van der Waals surface area contributed by atoms with Gasteiger partial charge in [-0.25, -0.2) is 0 Å². The molecule has 0 atom stereocenters. The summed E-state index contributed by atoms with van der Waals surface area (Å²) in [6, 6.07) is 2.57. The number of unbranched alkanes of at least 4 members (excludes halogenated alkanes) is 1. The molecule has 0 fully saturated rings. The summed E-state index contributed by atoms with van der Waals surface area (Å²) in [5.74, 6) is 0.887. The Morgan fingerprint density at radius 1 is 1.22 bits per heavy atom. The predicted molar refractivity (Wildman–Crippen MR) is 109 cm³/mol. The predicted octanol–water partition coefficient (Wildman–Crippen LogP) is 2.18. The fourth-order valence-corrected chi connectivity index (χ4v) is 2.05. The average Bonchev–Trinajstić information content (AvgIpc) is 3.01. The van der Waals surface area contributed by atoms with E-state index in [1.54, 1.807) is 0 Å². The van der Waals surface area contributed by atoms with E-state index in [0.717, 1.165) is 45.0 Å². The molecule has 0 saturated carbocycles. The molecule has 0 aliphatic carbocycles. The molecule has 1 aromatic heterocycles. The summed E-state index contributed by atoms with van der Waals surface area (Å²) in [4.78, 5) is 6.62. The van der Waals surface area contributed by atoms with E-state index in [4.69, 9.17) is 0 Å². The molecule has 1 heterocycles. The summed E-state index contributed by atoms with van der Waals surface area (Å²) in [6.45, 7) is 8.40. The Morgan fingerprint density at radius 2 is 1.91 bits per heavy atom. The number of hydrogen-bond acceptors (Lipinski definition) is 3. The van der Waals surface area contributed by atoms with Crippen LogP contribution in [-0.4, -0.2) is 60.4 Å². The van der Waals surface area contributed by atoms with Crippen LogP contribution in [0.4, 0.5) is 0 Å². The van der Waals surface area contributed by atoms with Gasteiger partial charge in [-0.3, -0.25) is 9.67 Å². The summed E-state index contributed by atoms with van der Waals surface area (Å²) in [6.07, 6.45) is 7.19. The fourth-order valence-electron chi connectivity index (χ4n) is 2.05. The maximum absolute atomic E-state index is 4.25. The lowest BCUT2D eigenvalue weighted by Crippen LogP contribution is -2.38. The van der Waals surface area contributed by atoms with Gasteiger partial charge in [0.05, 0.1) is 0 Å². The molecule has 0 aromatic carbocycles. The van der Waals surface area contributed by atoms with Crippen molar-refractivity contribution in [2.75, 3.05) is 33.7 Å². The lowest BCUT2D eigenvalue weighted by Gasteiger charge is -2.20. The van der Waals surface area contributed by atoms with Crippen molar-refractivity contribution < 1.29 is 0 Å². The smallest absolute Gasteiger partial charge is 0.190 e. The van der Waals surface area contributed by atoms with Crippen molar-refractivity contribution in [1.29, 1.82) is 0 Å². The molecule has 7 heteroatoms. The van der Waals surface area contributed by atoms with Crippen LogP contribution in [0.3, 0.4) is 0 Å². The minimum atomic E-state index is 0. The number of rotatable bonds is 10. The van der Waals surface area contributed by atoms with Crippen molar-refractivity contribution in [3.63, 3.8) is 0 Å². The Morgan fingerprint density at radius 3 is 2.48 bits per heavy atom. The highest BCUT2D eigenvalue weighted by atomic mass is 127. The van der Waals surface area contributed by atoms with Crippen molar-refractivity contribution in [3.05, 3.63) is 18.5 Å². The number of nitrogens with zero attached hydrogens (tertiary/aromatic N) is 4. The van der Waals surface area contributed by atoms with E-state index in [-0.39, 0.29) is 24.0 Å². The maximum Gasteiger partial charge on any atom is 0.190 e. The SMILES string of the molecule is CN=C(NCCCCN(C)C(C)C)NCCCn1cccn1.I. The van der Waals surface area contributed by atoms with Crippen LogP contribution in [0.1, 0.15) is 33.1 Å². The number of hydrogen-bond donors (Lipinski definition) is 2. The van der Waals surface area contributed by atoms with E-state index >= 15 is 0 Å². The van der Waals surface area contributed by atoms with Gasteiger partial charge in [-0.2, -0.15) is 5.10 Å². The Balaban J connectivity index is 0.00000484. The molecule has 0 spiro atoms. The third kappa shape index (κ3) is 10.5. The highest BCUT2D eigenvalue weighted by Crippen LogP contribution is 1.97. The Hall–Kier alpha value is -0.830. The van der Waals surface area contributed by atoms with Crippen LogP contribution in [0.25, 0.3) is 0 Å². The van der Waals surface area contributed by atoms with Gasteiger partial charge in [-0.05, 0) is 52.8 Å². The van der Waals surface area contributed by atoms with Crippen LogP contribution in [-0.2, 0) is 6.54 Å². The van der Waals surface area contributed by atoms with Gasteiger partial charge in [-0.15, -0.1) is 24.0 Å². The second-order valence-corrected chi connectivity index (χ2v) is 5.83. The zero-order valence-corrected chi connectivity index (χ0v) is 17.3. The topological polar surface area (TPSA) is 57.5 Å². The van der Waals surface area contributed by atoms with E-state index in [1.165, 1.54) is 6.42 Å². The van der Waals surface area contributed by atoms with Crippen LogP contribution in [0.15, 0.2) is 23.5 Å². The molecule has 0 bridgehead atoms. The quantitative estimate of drug-likeness (QED) is 0.256. The highest BCUT2D eigenvalue weighted by Gasteiger charge is 2.02. The monoisotopic (exact) mass is 436 g/mol. The molecule has 0 saturated heterocycles. The molecule has 1 aromatic rings. The summed E-state index contributed by atoms with van der Waals surface area (Å²) < 4.78 is 1.95. The fraction of sp³-hybridized carbons (Fsp3) is 0.750. The minimum absolute atomic E-state index is 0. The second kappa shape index (κ2) is 13.6. The van der Waals surface area contributed by atoms with E-state index in [0.29, 0.717) is 6.04 Å². The normalized spacial score (nSPS) is 11.7. The van der Waals surface area contributed by atoms with Crippen molar-refractivity contribution in [3.8, 4) is 0 Å². The van der Waals surface area contributed by atoms with Crippen molar-refractivity contribution in [2.24, 2.45) is 4.99 Å². The molecular weight excluding hydrogens is 403 g/mol. The van der Waals surface area contributed by atoms with Gasteiger partial charge in [0.2, 0.25) is 0 Å². The van der Waals surface area contributed by atoms with Crippen LogP contribution in [0.5, 0.6) is 0 Å². The first kappa shape index (κ1) is 22.2. The lowest BCUT2D eigenvalue weighted by atomic mass is 10.2. The summed E-state index contributed by atoms with van der Waals surface area (Å²) in [5, 5.41) is 10.9. The largest absolute Gasteiger partial charge is 0.356 e. The summed E-state index contributed by atoms with van der Waals surface area (Å²) in [7, 11) is 3.99. The number of guanidine groups is 1. The van der Waals surface area contributed by atoms with Crippen LogP contribution < -0.4 is 10.6 Å². The molecule has 0 amide bonds. The van der Waals surface area contributed by atoms with Crippen molar-refractivity contribution in [1.82, 2.24) is 25.3 Å². The third-order valence-electron chi connectivity index (χ3n) is 3.75.